The molecule has 8 bridgehead atoms. The summed E-state index contributed by atoms with van der Waals surface area (Å²) in [6, 6.07) is 21.7. The van der Waals surface area contributed by atoms with Crippen molar-refractivity contribution in [3.63, 3.8) is 0 Å². The van der Waals surface area contributed by atoms with E-state index in [0.717, 1.165) is 28.4 Å². The minimum Gasteiger partial charge on any atom is -0.355 e. The molecule has 44 heavy (non-hydrogen) atoms. The van der Waals surface area contributed by atoms with Crippen molar-refractivity contribution in [2.75, 3.05) is 0 Å². The maximum Gasteiger partial charge on any atom is 0.269 e. The third kappa shape index (κ3) is 4.73. The molecule has 11 heteroatoms. The first-order valence-corrected chi connectivity index (χ1v) is 13.5. The average molecular weight is 581 g/mol. The molecule has 0 saturated carbocycles. The van der Waals surface area contributed by atoms with Crippen molar-refractivity contribution in [2.45, 2.75) is 0 Å². The van der Waals surface area contributed by atoms with Crippen LogP contribution < -0.4 is 0 Å². The second kappa shape index (κ2) is 10.4. The van der Waals surface area contributed by atoms with Crippen LogP contribution in [0.15, 0.2) is 78.9 Å². The zero-order valence-electron chi connectivity index (χ0n) is 22.7. The molecule has 0 fully saturated rings. The molecule has 2 N–H and O–H groups in total. The van der Waals surface area contributed by atoms with Gasteiger partial charge in [0.15, 0.2) is 6.29 Å². The molecule has 0 aliphatic carbocycles. The van der Waals surface area contributed by atoms with Gasteiger partial charge in [-0.15, -0.1) is 0 Å². The maximum absolute atomic E-state index is 12.2. The molecule has 5 heterocycles. The molecular weight excluding hydrogens is 560 g/mol. The Labute approximate surface area is 248 Å². The minimum absolute atomic E-state index is 0.0144. The first kappa shape index (κ1) is 26.4. The molecule has 0 saturated heterocycles. The number of non-ortho nitro benzene ring substituents is 2. The molecule has 212 valence electrons. The van der Waals surface area contributed by atoms with Gasteiger partial charge in [-0.3, -0.25) is 25.0 Å². The molecule has 2 aliphatic rings. The number of carbonyl (C=O) groups is 1. The summed E-state index contributed by atoms with van der Waals surface area (Å²) in [7, 11) is 0. The van der Waals surface area contributed by atoms with Crippen LogP contribution in [0, 0.1) is 20.2 Å². The maximum atomic E-state index is 12.2. The molecule has 2 aliphatic heterocycles. The van der Waals surface area contributed by atoms with Crippen LogP contribution in [0.2, 0.25) is 0 Å². The van der Waals surface area contributed by atoms with E-state index >= 15 is 0 Å². The van der Waals surface area contributed by atoms with Crippen molar-refractivity contribution in [1.82, 2.24) is 19.9 Å². The lowest BCUT2D eigenvalue weighted by Crippen LogP contribution is -1.89. The van der Waals surface area contributed by atoms with Crippen molar-refractivity contribution in [2.24, 2.45) is 0 Å². The van der Waals surface area contributed by atoms with E-state index in [4.69, 9.17) is 9.97 Å². The Morgan fingerprint density at radius 2 is 1.14 bits per heavy atom. The fourth-order valence-corrected chi connectivity index (χ4v) is 5.36. The van der Waals surface area contributed by atoms with Crippen LogP contribution in [0.5, 0.6) is 0 Å². The third-order valence-corrected chi connectivity index (χ3v) is 7.42. The number of aromatic amines is 2. The molecule has 0 atom stereocenters. The van der Waals surface area contributed by atoms with Crippen LogP contribution in [-0.4, -0.2) is 36.1 Å². The van der Waals surface area contributed by atoms with Gasteiger partial charge in [0.25, 0.3) is 11.4 Å². The Morgan fingerprint density at radius 1 is 0.591 bits per heavy atom. The normalized spacial score (nSPS) is 11.9. The number of H-pyrrole nitrogens is 2. The Kier molecular flexibility index (Phi) is 6.25. The van der Waals surface area contributed by atoms with Gasteiger partial charge in [0.05, 0.1) is 38.1 Å². The van der Waals surface area contributed by atoms with Gasteiger partial charge in [0.2, 0.25) is 0 Å². The van der Waals surface area contributed by atoms with E-state index in [9.17, 15) is 25.0 Å². The van der Waals surface area contributed by atoms with E-state index in [-0.39, 0.29) is 11.4 Å². The van der Waals surface area contributed by atoms with Crippen LogP contribution in [-0.2, 0) is 0 Å². The summed E-state index contributed by atoms with van der Waals surface area (Å²) in [5.41, 5.74) is 8.37. The molecule has 11 nitrogen and oxygen atoms in total. The van der Waals surface area contributed by atoms with Crippen molar-refractivity contribution in [3.05, 3.63) is 127 Å². The van der Waals surface area contributed by atoms with Crippen molar-refractivity contribution in [1.29, 1.82) is 0 Å². The number of aromatic nitrogens is 4. The van der Waals surface area contributed by atoms with Crippen LogP contribution >= 0.6 is 0 Å². The SMILES string of the molecule is O=Cc1cc2[nH]c1cc1nc(c(-c3ccc([N+](=O)[O-])cc3)c3ccc(cc4nc(c2-c2ccc([N+](=O)[O-])cc2)C=C4)[nH]3)C=C1. The second-order valence-electron chi connectivity index (χ2n) is 10.2. The summed E-state index contributed by atoms with van der Waals surface area (Å²) in [6.07, 6.45) is 8.16. The van der Waals surface area contributed by atoms with E-state index in [1.165, 1.54) is 24.3 Å². The van der Waals surface area contributed by atoms with E-state index in [1.54, 1.807) is 36.4 Å². The minimum atomic E-state index is -0.455. The van der Waals surface area contributed by atoms with E-state index in [0.29, 0.717) is 50.5 Å². The lowest BCUT2D eigenvalue weighted by atomic mass is 10.0. The first-order valence-electron chi connectivity index (χ1n) is 13.5. The predicted molar refractivity (Wildman–Crippen MR) is 168 cm³/mol. The summed E-state index contributed by atoms with van der Waals surface area (Å²) < 4.78 is 0. The molecule has 3 aromatic heterocycles. The molecule has 7 rings (SSSR count). The molecule has 0 amide bonds. The van der Waals surface area contributed by atoms with Gasteiger partial charge < -0.3 is 9.97 Å². The van der Waals surface area contributed by atoms with Crippen molar-refractivity contribution < 1.29 is 14.6 Å². The number of fused-ring (bicyclic) bond motifs is 8. The van der Waals surface area contributed by atoms with E-state index < -0.39 is 9.85 Å². The van der Waals surface area contributed by atoms with Gasteiger partial charge in [-0.25, -0.2) is 9.97 Å². The molecule has 5 aromatic rings. The predicted octanol–water partition coefficient (Wildman–Crippen LogP) is 7.62. The number of nitrogens with zero attached hydrogens (tertiary/aromatic N) is 4. The Hall–Kier alpha value is -6.49. The number of benzene rings is 2. The van der Waals surface area contributed by atoms with Crippen LogP contribution in [0.1, 0.15) is 33.1 Å². The van der Waals surface area contributed by atoms with Crippen molar-refractivity contribution >= 4 is 64.0 Å². The van der Waals surface area contributed by atoms with Gasteiger partial charge in [-0.2, -0.15) is 0 Å². The highest BCUT2D eigenvalue weighted by Crippen LogP contribution is 2.34. The van der Waals surface area contributed by atoms with Crippen LogP contribution in [0.25, 0.3) is 68.6 Å². The Balaban J connectivity index is 1.54. The largest absolute Gasteiger partial charge is 0.355 e. The highest BCUT2D eigenvalue weighted by molar-refractivity contribution is 5.97. The number of nitro benzene ring substituents is 2. The number of carbonyl (C=O) groups excluding carboxylic acids is 1. The third-order valence-electron chi connectivity index (χ3n) is 7.42. The van der Waals surface area contributed by atoms with E-state index in [2.05, 4.69) is 9.97 Å². The second-order valence-corrected chi connectivity index (χ2v) is 10.2. The summed E-state index contributed by atoms with van der Waals surface area (Å²) in [6.45, 7) is 0. The monoisotopic (exact) mass is 580 g/mol. The lowest BCUT2D eigenvalue weighted by molar-refractivity contribution is -0.385. The number of aldehydes is 1. The summed E-state index contributed by atoms with van der Waals surface area (Å²) in [5, 5.41) is 22.5. The Morgan fingerprint density at radius 3 is 1.68 bits per heavy atom. The number of hydrogen-bond donors (Lipinski definition) is 2. The average Bonchev–Trinajstić information content (AvgIpc) is 3.84. The van der Waals surface area contributed by atoms with Crippen LogP contribution in [0.3, 0.4) is 0 Å². The molecule has 0 unspecified atom stereocenters. The van der Waals surface area contributed by atoms with E-state index in [1.807, 2.05) is 42.5 Å². The topological polar surface area (TPSA) is 161 Å². The first-order chi connectivity index (χ1) is 21.4. The van der Waals surface area contributed by atoms with Gasteiger partial charge in [0.1, 0.15) is 0 Å². The molecule has 2 aromatic carbocycles. The fourth-order valence-electron chi connectivity index (χ4n) is 5.36. The summed E-state index contributed by atoms with van der Waals surface area (Å²) >= 11 is 0. The number of nitrogens with one attached hydrogen (secondary N) is 2. The van der Waals surface area contributed by atoms with Gasteiger partial charge in [0, 0.05) is 57.5 Å². The number of rotatable bonds is 5. The molecule has 0 spiro atoms. The lowest BCUT2D eigenvalue weighted by Gasteiger charge is -2.04. The smallest absolute Gasteiger partial charge is 0.269 e. The Bertz CT molecular complexity index is 2240. The highest BCUT2D eigenvalue weighted by atomic mass is 16.6. The number of hydrogen-bond acceptors (Lipinski definition) is 7. The highest BCUT2D eigenvalue weighted by Gasteiger charge is 2.16. The fraction of sp³-hybridized carbons (Fsp3) is 0. The standard InChI is InChI=1S/C33H20N6O5/c40-18-21-15-31-33(20-3-10-26(11-4-20)39(43)44)29-13-6-23(35-29)16-22-5-12-27(34-22)32(19-1-8-25(9-2-19)38(41)42)28-14-7-24(36-28)17-30(21)37-31/h1-18,34,37H. The summed E-state index contributed by atoms with van der Waals surface area (Å²) in [4.78, 5) is 50.3. The quantitative estimate of drug-likeness (QED) is 0.120. The van der Waals surface area contributed by atoms with Gasteiger partial charge in [-0.1, -0.05) is 0 Å². The zero-order valence-corrected chi connectivity index (χ0v) is 22.7. The van der Waals surface area contributed by atoms with Gasteiger partial charge in [-0.05, 0) is 90.0 Å². The van der Waals surface area contributed by atoms with Crippen molar-refractivity contribution in [3.8, 4) is 22.3 Å². The van der Waals surface area contributed by atoms with Crippen LogP contribution in [0.4, 0.5) is 11.4 Å². The molecule has 0 radical (unpaired) electrons. The summed E-state index contributed by atoms with van der Waals surface area (Å²) in [5.74, 6) is 0. The van der Waals surface area contributed by atoms with Gasteiger partial charge >= 0.3 is 0 Å². The zero-order chi connectivity index (χ0) is 30.4. The molecular formula is C33H20N6O5. The number of nitro groups is 2.